The molecule has 1 rings (SSSR count). The fourth-order valence-electron chi connectivity index (χ4n) is 1.59. The van der Waals surface area contributed by atoms with Gasteiger partial charge in [0.2, 0.25) is 0 Å². The maximum Gasteiger partial charge on any atom is 0.178 e. The van der Waals surface area contributed by atoms with E-state index >= 15 is 0 Å². The highest BCUT2D eigenvalue weighted by atomic mass is 32.2. The van der Waals surface area contributed by atoms with Crippen LogP contribution in [-0.4, -0.2) is 27.3 Å². The normalized spacial score (nSPS) is 13.6. The van der Waals surface area contributed by atoms with Crippen molar-refractivity contribution in [2.45, 2.75) is 37.6 Å². The Bertz CT molecular complexity index is 437. The highest BCUT2D eigenvalue weighted by Gasteiger charge is 2.14. The quantitative estimate of drug-likeness (QED) is 0.847. The van der Waals surface area contributed by atoms with E-state index in [-0.39, 0.29) is 5.75 Å². The molecule has 1 aromatic carbocycles. The van der Waals surface area contributed by atoms with Crippen LogP contribution in [-0.2, 0) is 9.84 Å². The van der Waals surface area contributed by atoms with Gasteiger partial charge in [0.25, 0.3) is 0 Å². The van der Waals surface area contributed by atoms with E-state index in [1.165, 1.54) is 0 Å². The van der Waals surface area contributed by atoms with Crippen LogP contribution in [0.5, 0.6) is 0 Å². The molecule has 4 heteroatoms. The molecule has 0 heterocycles. The smallest absolute Gasteiger partial charge is 0.178 e. The Kier molecular flexibility index (Phi) is 5.15. The molecule has 0 saturated carbocycles. The van der Waals surface area contributed by atoms with Gasteiger partial charge in [-0.2, -0.15) is 0 Å². The molecule has 0 aromatic heterocycles. The summed E-state index contributed by atoms with van der Waals surface area (Å²) in [6.45, 7) is 4.00. The van der Waals surface area contributed by atoms with Crippen LogP contribution in [0, 0.1) is 6.92 Å². The number of benzene rings is 1. The fourth-order valence-corrected chi connectivity index (χ4v) is 2.92. The summed E-state index contributed by atoms with van der Waals surface area (Å²) < 4.78 is 24.0. The van der Waals surface area contributed by atoms with Crippen LogP contribution in [0.2, 0.25) is 0 Å². The molecular weight excluding hydrogens is 234 g/mol. The molecule has 17 heavy (non-hydrogen) atoms. The van der Waals surface area contributed by atoms with Crippen molar-refractivity contribution < 1.29 is 8.42 Å². The molecule has 3 nitrogen and oxygen atoms in total. The van der Waals surface area contributed by atoms with Crippen molar-refractivity contribution in [3.8, 4) is 0 Å². The molecule has 1 atom stereocenters. The molecule has 0 aliphatic heterocycles. The third-order valence-electron chi connectivity index (χ3n) is 2.92. The second-order valence-electron chi connectivity index (χ2n) is 4.46. The first-order valence-electron chi connectivity index (χ1n) is 5.92. The van der Waals surface area contributed by atoms with Gasteiger partial charge in [-0.25, -0.2) is 8.42 Å². The first-order valence-corrected chi connectivity index (χ1v) is 7.57. The Morgan fingerprint density at radius 1 is 1.24 bits per heavy atom. The monoisotopic (exact) mass is 255 g/mol. The summed E-state index contributed by atoms with van der Waals surface area (Å²) >= 11 is 0. The summed E-state index contributed by atoms with van der Waals surface area (Å²) in [7, 11) is -1.22. The van der Waals surface area contributed by atoms with Crippen molar-refractivity contribution >= 4 is 9.84 Å². The van der Waals surface area contributed by atoms with Gasteiger partial charge < -0.3 is 5.32 Å². The fraction of sp³-hybridized carbons (Fsp3) is 0.538. The van der Waals surface area contributed by atoms with Crippen molar-refractivity contribution in [2.75, 3.05) is 12.8 Å². The third-order valence-corrected chi connectivity index (χ3v) is 4.74. The molecule has 0 fully saturated rings. The summed E-state index contributed by atoms with van der Waals surface area (Å²) in [5.41, 5.74) is 1.08. The van der Waals surface area contributed by atoms with Gasteiger partial charge in [-0.05, 0) is 45.9 Å². The molecule has 0 spiro atoms. The minimum atomic E-state index is -3.11. The lowest BCUT2D eigenvalue weighted by molar-refractivity contribution is 0.548. The van der Waals surface area contributed by atoms with Gasteiger partial charge in [0.15, 0.2) is 9.84 Å². The zero-order chi connectivity index (χ0) is 12.9. The minimum Gasteiger partial charge on any atom is -0.317 e. The number of hydrogen-bond donors (Lipinski definition) is 1. The maximum absolute atomic E-state index is 12.0. The molecule has 0 aliphatic carbocycles. The van der Waals surface area contributed by atoms with Gasteiger partial charge >= 0.3 is 0 Å². The molecule has 0 saturated heterocycles. The molecule has 0 aliphatic rings. The van der Waals surface area contributed by atoms with Crippen LogP contribution >= 0.6 is 0 Å². The summed E-state index contributed by atoms with van der Waals surface area (Å²) in [5, 5.41) is 3.10. The average molecular weight is 255 g/mol. The van der Waals surface area contributed by atoms with Crippen molar-refractivity contribution in [2.24, 2.45) is 0 Å². The molecule has 0 amide bonds. The predicted molar refractivity (Wildman–Crippen MR) is 71.0 cm³/mol. The molecule has 0 radical (unpaired) electrons. The Hall–Kier alpha value is -0.870. The lowest BCUT2D eigenvalue weighted by Crippen LogP contribution is -2.22. The van der Waals surface area contributed by atoms with Crippen molar-refractivity contribution in [3.05, 3.63) is 29.8 Å². The Morgan fingerprint density at radius 2 is 1.82 bits per heavy atom. The number of nitrogens with one attached hydrogen (secondary N) is 1. The van der Waals surface area contributed by atoms with E-state index in [0.29, 0.717) is 17.4 Å². The van der Waals surface area contributed by atoms with E-state index in [0.717, 1.165) is 12.0 Å². The van der Waals surface area contributed by atoms with E-state index in [1.54, 1.807) is 12.1 Å². The van der Waals surface area contributed by atoms with Gasteiger partial charge in [-0.1, -0.05) is 17.7 Å². The number of hydrogen-bond acceptors (Lipinski definition) is 3. The second kappa shape index (κ2) is 6.17. The van der Waals surface area contributed by atoms with Crippen LogP contribution < -0.4 is 5.32 Å². The van der Waals surface area contributed by atoms with E-state index in [2.05, 4.69) is 12.2 Å². The first-order chi connectivity index (χ1) is 7.95. The average Bonchev–Trinajstić information content (AvgIpc) is 2.29. The highest BCUT2D eigenvalue weighted by Crippen LogP contribution is 2.14. The molecule has 96 valence electrons. The van der Waals surface area contributed by atoms with Gasteiger partial charge in [0.1, 0.15) is 0 Å². The number of sulfone groups is 1. The summed E-state index contributed by atoms with van der Waals surface area (Å²) in [6.07, 6.45) is 1.57. The lowest BCUT2D eigenvalue weighted by Gasteiger charge is -2.09. The lowest BCUT2D eigenvalue weighted by atomic mass is 10.2. The summed E-state index contributed by atoms with van der Waals surface area (Å²) in [4.78, 5) is 0.431. The SMILES string of the molecule is CNC(C)CCCS(=O)(=O)c1ccc(C)cc1. The van der Waals surface area contributed by atoms with Gasteiger partial charge in [-0.15, -0.1) is 0 Å². The van der Waals surface area contributed by atoms with Crippen molar-refractivity contribution in [3.63, 3.8) is 0 Å². The zero-order valence-corrected chi connectivity index (χ0v) is 11.5. The molecule has 1 aromatic rings. The van der Waals surface area contributed by atoms with Crippen molar-refractivity contribution in [1.29, 1.82) is 0 Å². The number of rotatable bonds is 6. The largest absolute Gasteiger partial charge is 0.317 e. The van der Waals surface area contributed by atoms with Gasteiger partial charge in [0.05, 0.1) is 10.6 Å². The Morgan fingerprint density at radius 3 is 2.35 bits per heavy atom. The van der Waals surface area contributed by atoms with Crippen LogP contribution in [0.4, 0.5) is 0 Å². The highest BCUT2D eigenvalue weighted by molar-refractivity contribution is 7.91. The summed E-state index contributed by atoms with van der Waals surface area (Å²) in [5.74, 6) is 0.224. The van der Waals surface area contributed by atoms with Crippen LogP contribution in [0.1, 0.15) is 25.3 Å². The molecule has 0 bridgehead atoms. The van der Waals surface area contributed by atoms with Gasteiger partial charge in [-0.3, -0.25) is 0 Å². The van der Waals surface area contributed by atoms with Crippen LogP contribution in [0.3, 0.4) is 0 Å². The van der Waals surface area contributed by atoms with Crippen molar-refractivity contribution in [1.82, 2.24) is 5.32 Å². The first kappa shape index (κ1) is 14.2. The van der Waals surface area contributed by atoms with E-state index in [1.807, 2.05) is 26.1 Å². The zero-order valence-electron chi connectivity index (χ0n) is 10.7. The van der Waals surface area contributed by atoms with Gasteiger partial charge in [0, 0.05) is 6.04 Å². The molecule has 1 unspecified atom stereocenters. The minimum absolute atomic E-state index is 0.224. The topological polar surface area (TPSA) is 46.2 Å². The van der Waals surface area contributed by atoms with E-state index < -0.39 is 9.84 Å². The summed E-state index contributed by atoms with van der Waals surface area (Å²) in [6, 6.07) is 7.41. The molecule has 1 N–H and O–H groups in total. The number of aryl methyl sites for hydroxylation is 1. The third kappa shape index (κ3) is 4.48. The maximum atomic E-state index is 12.0. The van der Waals surface area contributed by atoms with Crippen LogP contribution in [0.25, 0.3) is 0 Å². The second-order valence-corrected chi connectivity index (χ2v) is 6.57. The molecular formula is C13H21NO2S. The predicted octanol–water partition coefficient (Wildman–Crippen LogP) is 2.16. The Balaban J connectivity index is 2.60. The van der Waals surface area contributed by atoms with E-state index in [9.17, 15) is 8.42 Å². The standard InChI is InChI=1S/C13H21NO2S/c1-11-6-8-13(9-7-11)17(15,16)10-4-5-12(2)14-3/h6-9,12,14H,4-5,10H2,1-3H3. The van der Waals surface area contributed by atoms with Crippen LogP contribution in [0.15, 0.2) is 29.2 Å². The van der Waals surface area contributed by atoms with E-state index in [4.69, 9.17) is 0 Å². The Labute approximate surface area is 104 Å².